The Morgan fingerprint density at radius 2 is 1.80 bits per heavy atom. The second-order valence-electron chi connectivity index (χ2n) is 6.80. The number of amides is 2. The summed E-state index contributed by atoms with van der Waals surface area (Å²) in [6.45, 7) is 6.20. The molecule has 0 atom stereocenters. The van der Waals surface area contributed by atoms with Crippen molar-refractivity contribution in [3.05, 3.63) is 29.8 Å². The highest BCUT2D eigenvalue weighted by atomic mass is 16.2. The largest absolute Gasteiger partial charge is 0.324 e. The first kappa shape index (κ1) is 13.5. The molecular weight excluding hydrogens is 248 g/mol. The molecule has 1 N–H and O–H groups in total. The lowest BCUT2D eigenvalue weighted by Gasteiger charge is -2.51. The van der Waals surface area contributed by atoms with Crippen LogP contribution < -0.4 is 5.32 Å². The van der Waals surface area contributed by atoms with Crippen LogP contribution in [0.1, 0.15) is 38.2 Å². The zero-order valence-electron chi connectivity index (χ0n) is 12.5. The van der Waals surface area contributed by atoms with Crippen molar-refractivity contribution in [2.75, 3.05) is 18.4 Å². The molecule has 2 amide bonds. The maximum Gasteiger partial charge on any atom is 0.321 e. The van der Waals surface area contributed by atoms with Gasteiger partial charge in [0.05, 0.1) is 0 Å². The molecular formula is C17H24N2O. The molecule has 20 heavy (non-hydrogen) atoms. The number of rotatable bonds is 1. The summed E-state index contributed by atoms with van der Waals surface area (Å²) in [5, 5.41) is 3.00. The zero-order valence-corrected chi connectivity index (χ0v) is 12.5. The van der Waals surface area contributed by atoms with Gasteiger partial charge in [-0.3, -0.25) is 0 Å². The Morgan fingerprint density at radius 3 is 2.35 bits per heavy atom. The SMILES string of the molecule is Cc1ccc(NC(=O)N2CCC3(CC2)CC(C)C3)cc1. The van der Waals surface area contributed by atoms with Crippen LogP contribution in [-0.2, 0) is 0 Å². The predicted octanol–water partition coefficient (Wildman–Crippen LogP) is 4.04. The molecule has 1 spiro atoms. The number of carbonyl (C=O) groups excluding carboxylic acids is 1. The number of likely N-dealkylation sites (tertiary alicyclic amines) is 1. The van der Waals surface area contributed by atoms with Crippen LogP contribution in [0.2, 0.25) is 0 Å². The fourth-order valence-corrected chi connectivity index (χ4v) is 3.85. The molecule has 1 aromatic rings. The Morgan fingerprint density at radius 1 is 1.20 bits per heavy atom. The molecule has 1 saturated heterocycles. The lowest BCUT2D eigenvalue weighted by molar-refractivity contribution is 0.00591. The summed E-state index contributed by atoms with van der Waals surface area (Å²) in [5.74, 6) is 0.892. The quantitative estimate of drug-likeness (QED) is 0.822. The molecule has 1 heterocycles. The van der Waals surface area contributed by atoms with Gasteiger partial charge in [-0.25, -0.2) is 4.79 Å². The second-order valence-corrected chi connectivity index (χ2v) is 6.80. The van der Waals surface area contributed by atoms with E-state index >= 15 is 0 Å². The van der Waals surface area contributed by atoms with Gasteiger partial charge in [0, 0.05) is 18.8 Å². The van der Waals surface area contributed by atoms with E-state index in [2.05, 4.69) is 19.2 Å². The van der Waals surface area contributed by atoms with Crippen LogP contribution in [0.3, 0.4) is 0 Å². The van der Waals surface area contributed by atoms with E-state index in [1.807, 2.05) is 29.2 Å². The van der Waals surface area contributed by atoms with Gasteiger partial charge in [0.1, 0.15) is 0 Å². The highest BCUT2D eigenvalue weighted by molar-refractivity contribution is 5.89. The van der Waals surface area contributed by atoms with Crippen molar-refractivity contribution < 1.29 is 4.79 Å². The van der Waals surface area contributed by atoms with Gasteiger partial charge in [0.25, 0.3) is 0 Å². The highest BCUT2D eigenvalue weighted by Crippen LogP contribution is 2.52. The van der Waals surface area contributed by atoms with Gasteiger partial charge in [-0.05, 0) is 56.1 Å². The van der Waals surface area contributed by atoms with Gasteiger partial charge in [-0.2, -0.15) is 0 Å². The van der Waals surface area contributed by atoms with Crippen molar-refractivity contribution >= 4 is 11.7 Å². The summed E-state index contributed by atoms with van der Waals surface area (Å²) >= 11 is 0. The van der Waals surface area contributed by atoms with Gasteiger partial charge in [-0.1, -0.05) is 24.6 Å². The van der Waals surface area contributed by atoms with Crippen LogP contribution in [0.5, 0.6) is 0 Å². The number of nitrogens with one attached hydrogen (secondary N) is 1. The summed E-state index contributed by atoms with van der Waals surface area (Å²) in [6.07, 6.45) is 5.08. The van der Waals surface area contributed by atoms with Crippen molar-refractivity contribution in [1.29, 1.82) is 0 Å². The predicted molar refractivity (Wildman–Crippen MR) is 81.8 cm³/mol. The Balaban J connectivity index is 1.53. The van der Waals surface area contributed by atoms with Crippen molar-refractivity contribution in [2.45, 2.75) is 39.5 Å². The van der Waals surface area contributed by atoms with Crippen LogP contribution in [0.4, 0.5) is 10.5 Å². The summed E-state index contributed by atoms with van der Waals surface area (Å²) in [7, 11) is 0. The molecule has 1 aliphatic heterocycles. The molecule has 3 nitrogen and oxygen atoms in total. The monoisotopic (exact) mass is 272 g/mol. The number of hydrogen-bond donors (Lipinski definition) is 1. The smallest absolute Gasteiger partial charge is 0.321 e. The summed E-state index contributed by atoms with van der Waals surface area (Å²) < 4.78 is 0. The standard InChI is InChI=1S/C17H24N2O/c1-13-3-5-15(6-4-13)18-16(20)19-9-7-17(8-10-19)11-14(2)12-17/h3-6,14H,7-12H2,1-2H3,(H,18,20). The van der Waals surface area contributed by atoms with E-state index in [1.165, 1.54) is 31.2 Å². The van der Waals surface area contributed by atoms with E-state index in [4.69, 9.17) is 0 Å². The van der Waals surface area contributed by atoms with Gasteiger partial charge < -0.3 is 10.2 Å². The Kier molecular flexibility index (Phi) is 3.45. The van der Waals surface area contributed by atoms with Crippen molar-refractivity contribution in [1.82, 2.24) is 4.90 Å². The third-order valence-electron chi connectivity index (χ3n) is 4.98. The Hall–Kier alpha value is -1.51. The minimum absolute atomic E-state index is 0.0519. The molecule has 1 aromatic carbocycles. The molecule has 0 unspecified atom stereocenters. The lowest BCUT2D eigenvalue weighted by Crippen LogP contribution is -2.49. The molecule has 2 fully saturated rings. The fourth-order valence-electron chi connectivity index (χ4n) is 3.85. The Labute approximate surface area is 121 Å². The van der Waals surface area contributed by atoms with Crippen molar-refractivity contribution in [3.63, 3.8) is 0 Å². The van der Waals surface area contributed by atoms with Gasteiger partial charge in [0.15, 0.2) is 0 Å². The number of piperidine rings is 1. The number of benzene rings is 1. The fraction of sp³-hybridized carbons (Fsp3) is 0.588. The molecule has 2 aliphatic rings. The number of hydrogen-bond acceptors (Lipinski definition) is 1. The molecule has 0 aromatic heterocycles. The van der Waals surface area contributed by atoms with Crippen LogP contribution in [-0.4, -0.2) is 24.0 Å². The molecule has 1 aliphatic carbocycles. The summed E-state index contributed by atoms with van der Waals surface area (Å²) in [4.78, 5) is 14.2. The number of urea groups is 1. The molecule has 3 rings (SSSR count). The normalized spacial score (nSPS) is 21.6. The first-order chi connectivity index (χ1) is 9.56. The third kappa shape index (κ3) is 2.67. The average molecular weight is 272 g/mol. The Bertz CT molecular complexity index is 478. The van der Waals surface area contributed by atoms with E-state index < -0.39 is 0 Å². The molecule has 0 radical (unpaired) electrons. The number of nitrogens with zero attached hydrogens (tertiary/aromatic N) is 1. The van der Waals surface area contributed by atoms with Crippen LogP contribution in [0.25, 0.3) is 0 Å². The lowest BCUT2D eigenvalue weighted by atomic mass is 9.58. The minimum Gasteiger partial charge on any atom is -0.324 e. The van der Waals surface area contributed by atoms with E-state index in [-0.39, 0.29) is 6.03 Å². The first-order valence-electron chi connectivity index (χ1n) is 7.69. The van der Waals surface area contributed by atoms with Gasteiger partial charge in [-0.15, -0.1) is 0 Å². The van der Waals surface area contributed by atoms with Crippen LogP contribution in [0.15, 0.2) is 24.3 Å². The third-order valence-corrected chi connectivity index (χ3v) is 4.98. The van der Waals surface area contributed by atoms with Gasteiger partial charge >= 0.3 is 6.03 Å². The topological polar surface area (TPSA) is 32.3 Å². The second kappa shape index (κ2) is 5.12. The molecule has 0 bridgehead atoms. The van der Waals surface area contributed by atoms with E-state index in [0.29, 0.717) is 5.41 Å². The van der Waals surface area contributed by atoms with Crippen molar-refractivity contribution in [2.24, 2.45) is 11.3 Å². The number of anilines is 1. The van der Waals surface area contributed by atoms with Crippen molar-refractivity contribution in [3.8, 4) is 0 Å². The molecule has 3 heteroatoms. The van der Waals surface area contributed by atoms with Gasteiger partial charge in [0.2, 0.25) is 0 Å². The average Bonchev–Trinajstić information content (AvgIpc) is 2.41. The summed E-state index contributed by atoms with van der Waals surface area (Å²) in [6, 6.07) is 8.03. The van der Waals surface area contributed by atoms with Crippen LogP contribution in [0, 0.1) is 18.3 Å². The molecule has 1 saturated carbocycles. The number of aryl methyl sites for hydroxylation is 1. The van der Waals surface area contributed by atoms with Crippen LogP contribution >= 0.6 is 0 Å². The summed E-state index contributed by atoms with van der Waals surface area (Å²) in [5.41, 5.74) is 2.67. The maximum absolute atomic E-state index is 12.2. The first-order valence-corrected chi connectivity index (χ1v) is 7.69. The zero-order chi connectivity index (χ0) is 14.2. The molecule has 108 valence electrons. The van der Waals surface area contributed by atoms with E-state index in [1.54, 1.807) is 0 Å². The van der Waals surface area contributed by atoms with E-state index in [0.717, 1.165) is 24.7 Å². The minimum atomic E-state index is 0.0519. The highest BCUT2D eigenvalue weighted by Gasteiger charge is 2.44. The maximum atomic E-state index is 12.2. The van der Waals surface area contributed by atoms with E-state index in [9.17, 15) is 4.79 Å². The number of carbonyl (C=O) groups is 1.